The third-order valence-corrected chi connectivity index (χ3v) is 5.73. The molecule has 0 N–H and O–H groups in total. The summed E-state index contributed by atoms with van der Waals surface area (Å²) in [5, 5.41) is 0. The first kappa shape index (κ1) is 17.4. The maximum absolute atomic E-state index is 13.5. The van der Waals surface area contributed by atoms with Crippen molar-refractivity contribution in [3.63, 3.8) is 0 Å². The van der Waals surface area contributed by atoms with Crippen LogP contribution in [0.4, 0.5) is 11.4 Å². The Kier molecular flexibility index (Phi) is 4.37. The number of hydrogen-bond donors (Lipinski definition) is 0. The molecule has 6 nitrogen and oxygen atoms in total. The normalized spacial score (nSPS) is 19.4. The minimum absolute atomic E-state index is 0.0678. The summed E-state index contributed by atoms with van der Waals surface area (Å²) < 4.78 is 10.9. The Hall–Kier alpha value is -2.70. The molecule has 5 rings (SSSR count). The molecule has 2 aromatic rings. The summed E-state index contributed by atoms with van der Waals surface area (Å²) in [6.07, 6.45) is 0. The van der Waals surface area contributed by atoms with Crippen molar-refractivity contribution in [2.24, 2.45) is 0 Å². The fourth-order valence-corrected chi connectivity index (χ4v) is 4.34. The summed E-state index contributed by atoms with van der Waals surface area (Å²) in [6.45, 7) is 5.40. The standard InChI is InChI=1S/C22H22N2O4/c25-21-15-3-1-5-17(23-7-11-27-12-8-23)19(15)22(26)16-4-2-6-18(20(16)21)24-9-13-28-14-10-24/h1-6H,7-14H2. The molecule has 2 aliphatic heterocycles. The van der Waals surface area contributed by atoms with Gasteiger partial charge < -0.3 is 19.3 Å². The highest BCUT2D eigenvalue weighted by Crippen LogP contribution is 2.38. The number of carbonyl (C=O) groups excluding carboxylic acids is 2. The molecular formula is C22H22N2O4. The van der Waals surface area contributed by atoms with Gasteiger partial charge in [0.15, 0.2) is 11.6 Å². The molecule has 0 atom stereocenters. The zero-order chi connectivity index (χ0) is 19.1. The van der Waals surface area contributed by atoms with E-state index >= 15 is 0 Å². The van der Waals surface area contributed by atoms with E-state index in [0.29, 0.717) is 48.7 Å². The summed E-state index contributed by atoms with van der Waals surface area (Å²) in [6, 6.07) is 11.2. The largest absolute Gasteiger partial charge is 0.378 e. The predicted molar refractivity (Wildman–Crippen MR) is 106 cm³/mol. The first-order valence-electron chi connectivity index (χ1n) is 9.76. The molecule has 144 valence electrons. The average Bonchev–Trinajstić information content (AvgIpc) is 2.77. The lowest BCUT2D eigenvalue weighted by atomic mass is 9.82. The first-order chi connectivity index (χ1) is 13.8. The number of benzene rings is 2. The number of ketones is 2. The fourth-order valence-electron chi connectivity index (χ4n) is 4.34. The van der Waals surface area contributed by atoms with E-state index in [9.17, 15) is 9.59 Å². The van der Waals surface area contributed by atoms with Gasteiger partial charge in [0.1, 0.15) is 0 Å². The second-order valence-electron chi connectivity index (χ2n) is 7.26. The van der Waals surface area contributed by atoms with E-state index < -0.39 is 0 Å². The molecule has 2 fully saturated rings. The van der Waals surface area contributed by atoms with Crippen molar-refractivity contribution < 1.29 is 19.1 Å². The zero-order valence-electron chi connectivity index (χ0n) is 15.6. The van der Waals surface area contributed by atoms with Gasteiger partial charge in [0, 0.05) is 48.7 Å². The van der Waals surface area contributed by atoms with Gasteiger partial charge in [-0.1, -0.05) is 24.3 Å². The van der Waals surface area contributed by atoms with Crippen LogP contribution in [-0.4, -0.2) is 64.2 Å². The van der Waals surface area contributed by atoms with Crippen LogP contribution in [0.25, 0.3) is 0 Å². The van der Waals surface area contributed by atoms with E-state index in [1.807, 2.05) is 24.3 Å². The summed E-state index contributed by atoms with van der Waals surface area (Å²) >= 11 is 0. The van der Waals surface area contributed by atoms with Crippen LogP contribution in [0.5, 0.6) is 0 Å². The molecule has 0 unspecified atom stereocenters. The summed E-state index contributed by atoms with van der Waals surface area (Å²) in [5.41, 5.74) is 3.73. The number of rotatable bonds is 2. The molecule has 3 aliphatic rings. The van der Waals surface area contributed by atoms with Crippen LogP contribution in [0.3, 0.4) is 0 Å². The lowest BCUT2D eigenvalue weighted by Crippen LogP contribution is -2.39. The van der Waals surface area contributed by atoms with Gasteiger partial charge in [-0.05, 0) is 12.1 Å². The summed E-state index contributed by atoms with van der Waals surface area (Å²) in [7, 11) is 0. The molecule has 6 heteroatoms. The van der Waals surface area contributed by atoms with Crippen LogP contribution in [0.2, 0.25) is 0 Å². The molecule has 28 heavy (non-hydrogen) atoms. The molecule has 0 saturated carbocycles. The van der Waals surface area contributed by atoms with E-state index in [4.69, 9.17) is 9.47 Å². The highest BCUT2D eigenvalue weighted by atomic mass is 16.5. The number of fused-ring (bicyclic) bond motifs is 2. The summed E-state index contributed by atoms with van der Waals surface area (Å²) in [5.74, 6) is -0.136. The minimum atomic E-state index is -0.0678. The first-order valence-corrected chi connectivity index (χ1v) is 9.76. The number of hydrogen-bond acceptors (Lipinski definition) is 6. The highest BCUT2D eigenvalue weighted by molar-refractivity contribution is 6.31. The molecule has 2 heterocycles. The summed E-state index contributed by atoms with van der Waals surface area (Å²) in [4.78, 5) is 31.3. The molecule has 2 aromatic carbocycles. The Morgan fingerprint density at radius 3 is 1.39 bits per heavy atom. The molecule has 0 bridgehead atoms. The lowest BCUT2D eigenvalue weighted by Gasteiger charge is -2.34. The highest BCUT2D eigenvalue weighted by Gasteiger charge is 2.35. The monoisotopic (exact) mass is 378 g/mol. The SMILES string of the molecule is O=C1c2cccc(N3CCOCC3)c2C(=O)c2cccc(N3CCOCC3)c21. The van der Waals surface area contributed by atoms with E-state index in [-0.39, 0.29) is 11.6 Å². The predicted octanol–water partition coefficient (Wildman–Crippen LogP) is 2.14. The third kappa shape index (κ3) is 2.72. The fraction of sp³-hybridized carbons (Fsp3) is 0.364. The van der Waals surface area contributed by atoms with Crippen molar-refractivity contribution in [2.75, 3.05) is 62.4 Å². The molecule has 2 saturated heterocycles. The van der Waals surface area contributed by atoms with E-state index in [2.05, 4.69) is 9.80 Å². The van der Waals surface area contributed by atoms with Crippen LogP contribution in [0.1, 0.15) is 31.8 Å². The van der Waals surface area contributed by atoms with Crippen LogP contribution >= 0.6 is 0 Å². The van der Waals surface area contributed by atoms with Crippen molar-refractivity contribution in [1.29, 1.82) is 0 Å². The number of anilines is 2. The van der Waals surface area contributed by atoms with Gasteiger partial charge in [-0.3, -0.25) is 9.59 Å². The van der Waals surface area contributed by atoms with Crippen LogP contribution in [0.15, 0.2) is 36.4 Å². The number of carbonyl (C=O) groups is 2. The Morgan fingerprint density at radius 2 is 1.00 bits per heavy atom. The Labute approximate surface area is 163 Å². The second-order valence-corrected chi connectivity index (χ2v) is 7.26. The minimum Gasteiger partial charge on any atom is -0.378 e. The number of ether oxygens (including phenoxy) is 2. The number of nitrogens with zero attached hydrogens (tertiary/aromatic N) is 2. The molecule has 1 aliphatic carbocycles. The van der Waals surface area contributed by atoms with Gasteiger partial charge in [0.05, 0.1) is 37.6 Å². The van der Waals surface area contributed by atoms with Gasteiger partial charge in [-0.25, -0.2) is 0 Å². The Morgan fingerprint density at radius 1 is 0.607 bits per heavy atom. The van der Waals surface area contributed by atoms with Gasteiger partial charge >= 0.3 is 0 Å². The van der Waals surface area contributed by atoms with E-state index in [1.54, 1.807) is 12.1 Å². The zero-order valence-corrected chi connectivity index (χ0v) is 15.6. The molecular weight excluding hydrogens is 356 g/mol. The van der Waals surface area contributed by atoms with E-state index in [0.717, 1.165) is 37.6 Å². The number of morpholine rings is 2. The molecule has 0 radical (unpaired) electrons. The maximum atomic E-state index is 13.5. The molecule has 0 aromatic heterocycles. The van der Waals surface area contributed by atoms with Crippen molar-refractivity contribution in [1.82, 2.24) is 0 Å². The average molecular weight is 378 g/mol. The lowest BCUT2D eigenvalue weighted by molar-refractivity contribution is 0.0977. The van der Waals surface area contributed by atoms with Gasteiger partial charge in [0.25, 0.3) is 0 Å². The van der Waals surface area contributed by atoms with Crippen molar-refractivity contribution in [3.8, 4) is 0 Å². The van der Waals surface area contributed by atoms with Crippen molar-refractivity contribution in [3.05, 3.63) is 58.7 Å². The smallest absolute Gasteiger partial charge is 0.196 e. The quantitative estimate of drug-likeness (QED) is 0.681. The van der Waals surface area contributed by atoms with E-state index in [1.165, 1.54) is 0 Å². The second kappa shape index (κ2) is 7.04. The van der Waals surface area contributed by atoms with Crippen LogP contribution in [0, 0.1) is 0 Å². The maximum Gasteiger partial charge on any atom is 0.196 e. The molecule has 0 amide bonds. The van der Waals surface area contributed by atoms with Gasteiger partial charge in [-0.2, -0.15) is 0 Å². The van der Waals surface area contributed by atoms with Crippen molar-refractivity contribution in [2.45, 2.75) is 0 Å². The Bertz CT molecular complexity index is 866. The third-order valence-electron chi connectivity index (χ3n) is 5.73. The van der Waals surface area contributed by atoms with Gasteiger partial charge in [-0.15, -0.1) is 0 Å². The van der Waals surface area contributed by atoms with Crippen LogP contribution < -0.4 is 9.80 Å². The van der Waals surface area contributed by atoms with Crippen molar-refractivity contribution >= 4 is 22.9 Å². The molecule has 0 spiro atoms. The topological polar surface area (TPSA) is 59.1 Å². The Balaban J connectivity index is 1.62. The van der Waals surface area contributed by atoms with Crippen LogP contribution in [-0.2, 0) is 9.47 Å². The van der Waals surface area contributed by atoms with Gasteiger partial charge in [0.2, 0.25) is 0 Å².